The predicted molar refractivity (Wildman–Crippen MR) is 58.3 cm³/mol. The zero-order valence-corrected chi connectivity index (χ0v) is 10.5. The maximum Gasteiger partial charge on any atom is 0.107 e. The standard InChI is InChI=1S/C9H11Br2N/c1-9(2,3)6-4-7(10)12-8(11)5-6/h4-5H,1-3H3. The van der Waals surface area contributed by atoms with Gasteiger partial charge >= 0.3 is 0 Å². The van der Waals surface area contributed by atoms with Crippen LogP contribution >= 0.6 is 31.9 Å². The molecule has 66 valence electrons. The molecule has 1 rings (SSSR count). The van der Waals surface area contributed by atoms with Crippen LogP contribution in [0.15, 0.2) is 21.3 Å². The van der Waals surface area contributed by atoms with E-state index in [1.807, 2.05) is 12.1 Å². The summed E-state index contributed by atoms with van der Waals surface area (Å²) in [6.45, 7) is 6.55. The predicted octanol–water partition coefficient (Wildman–Crippen LogP) is 3.90. The van der Waals surface area contributed by atoms with Crippen LogP contribution in [-0.4, -0.2) is 4.98 Å². The summed E-state index contributed by atoms with van der Waals surface area (Å²) in [6, 6.07) is 4.09. The molecule has 1 aromatic rings. The van der Waals surface area contributed by atoms with Gasteiger partial charge in [0.2, 0.25) is 0 Å². The Morgan fingerprint density at radius 2 is 1.50 bits per heavy atom. The van der Waals surface area contributed by atoms with Gasteiger partial charge in [0.1, 0.15) is 9.21 Å². The van der Waals surface area contributed by atoms with Gasteiger partial charge in [0.05, 0.1) is 0 Å². The average Bonchev–Trinajstić information content (AvgIpc) is 1.82. The Kier molecular flexibility index (Phi) is 2.94. The highest BCUT2D eigenvalue weighted by Gasteiger charge is 2.14. The number of nitrogens with zero attached hydrogens (tertiary/aromatic N) is 1. The van der Waals surface area contributed by atoms with Crippen molar-refractivity contribution in [1.29, 1.82) is 0 Å². The number of pyridine rings is 1. The molecule has 1 heterocycles. The number of halogens is 2. The smallest absolute Gasteiger partial charge is 0.107 e. The Balaban J connectivity index is 3.18. The fourth-order valence-corrected chi connectivity index (χ4v) is 2.01. The molecular weight excluding hydrogens is 282 g/mol. The van der Waals surface area contributed by atoms with E-state index in [1.165, 1.54) is 5.56 Å². The van der Waals surface area contributed by atoms with Crippen molar-refractivity contribution in [3.05, 3.63) is 26.9 Å². The van der Waals surface area contributed by atoms with E-state index < -0.39 is 0 Å². The lowest BCUT2D eigenvalue weighted by molar-refractivity contribution is 0.588. The van der Waals surface area contributed by atoms with E-state index in [0.717, 1.165) is 9.21 Å². The van der Waals surface area contributed by atoms with E-state index in [-0.39, 0.29) is 5.41 Å². The first kappa shape index (κ1) is 10.2. The molecule has 3 heteroatoms. The lowest BCUT2D eigenvalue weighted by Gasteiger charge is -2.19. The molecule has 1 nitrogen and oxygen atoms in total. The Morgan fingerprint density at radius 3 is 1.83 bits per heavy atom. The molecule has 0 spiro atoms. The van der Waals surface area contributed by atoms with Crippen LogP contribution in [0.2, 0.25) is 0 Å². The molecule has 0 bridgehead atoms. The van der Waals surface area contributed by atoms with Crippen LogP contribution in [0.3, 0.4) is 0 Å². The Morgan fingerprint density at radius 1 is 1.08 bits per heavy atom. The minimum atomic E-state index is 0.175. The van der Waals surface area contributed by atoms with Gasteiger partial charge in [-0.2, -0.15) is 0 Å². The van der Waals surface area contributed by atoms with Crippen molar-refractivity contribution < 1.29 is 0 Å². The number of hydrogen-bond acceptors (Lipinski definition) is 1. The average molecular weight is 293 g/mol. The van der Waals surface area contributed by atoms with Crippen LogP contribution in [0.1, 0.15) is 26.3 Å². The van der Waals surface area contributed by atoms with Crippen LogP contribution in [0.4, 0.5) is 0 Å². The maximum absolute atomic E-state index is 4.18. The third-order valence-corrected chi connectivity index (χ3v) is 2.44. The number of aromatic nitrogens is 1. The molecule has 0 fully saturated rings. The van der Waals surface area contributed by atoms with Crippen molar-refractivity contribution >= 4 is 31.9 Å². The van der Waals surface area contributed by atoms with Crippen molar-refractivity contribution in [2.75, 3.05) is 0 Å². The third-order valence-electron chi connectivity index (χ3n) is 1.63. The summed E-state index contributed by atoms with van der Waals surface area (Å²) in [5.41, 5.74) is 1.45. The molecule has 0 amide bonds. The van der Waals surface area contributed by atoms with Gasteiger partial charge in [0.15, 0.2) is 0 Å². The molecule has 0 radical (unpaired) electrons. The first-order chi connectivity index (χ1) is 5.39. The van der Waals surface area contributed by atoms with Gasteiger partial charge in [-0.15, -0.1) is 0 Å². The zero-order valence-electron chi connectivity index (χ0n) is 7.36. The van der Waals surface area contributed by atoms with Gasteiger partial charge in [0, 0.05) is 0 Å². The molecule has 0 saturated carbocycles. The van der Waals surface area contributed by atoms with Gasteiger partial charge in [-0.3, -0.25) is 0 Å². The number of hydrogen-bond donors (Lipinski definition) is 0. The first-order valence-corrected chi connectivity index (χ1v) is 5.32. The Bertz CT molecular complexity index is 269. The van der Waals surface area contributed by atoms with Crippen LogP contribution in [0.25, 0.3) is 0 Å². The molecule has 0 atom stereocenters. The van der Waals surface area contributed by atoms with Crippen LogP contribution in [0, 0.1) is 0 Å². The minimum Gasteiger partial charge on any atom is -0.234 e. The van der Waals surface area contributed by atoms with Crippen LogP contribution < -0.4 is 0 Å². The molecular formula is C9H11Br2N. The second-order valence-electron chi connectivity index (χ2n) is 3.75. The third kappa shape index (κ3) is 2.56. The summed E-state index contributed by atoms with van der Waals surface area (Å²) >= 11 is 6.73. The topological polar surface area (TPSA) is 12.9 Å². The van der Waals surface area contributed by atoms with Crippen LogP contribution in [-0.2, 0) is 5.41 Å². The largest absolute Gasteiger partial charge is 0.234 e. The lowest BCUT2D eigenvalue weighted by atomic mass is 9.88. The van der Waals surface area contributed by atoms with E-state index in [0.29, 0.717) is 0 Å². The fraction of sp³-hybridized carbons (Fsp3) is 0.444. The molecule has 1 aromatic heterocycles. The van der Waals surface area contributed by atoms with Gasteiger partial charge < -0.3 is 0 Å². The van der Waals surface area contributed by atoms with Crippen molar-refractivity contribution in [3.8, 4) is 0 Å². The monoisotopic (exact) mass is 291 g/mol. The van der Waals surface area contributed by atoms with Crippen molar-refractivity contribution in [2.24, 2.45) is 0 Å². The minimum absolute atomic E-state index is 0.175. The molecule has 0 aliphatic rings. The second kappa shape index (κ2) is 3.46. The summed E-state index contributed by atoms with van der Waals surface area (Å²) in [7, 11) is 0. The van der Waals surface area contributed by atoms with Gasteiger partial charge in [-0.05, 0) is 55.0 Å². The highest BCUT2D eigenvalue weighted by atomic mass is 79.9. The lowest BCUT2D eigenvalue weighted by Crippen LogP contribution is -2.11. The highest BCUT2D eigenvalue weighted by Crippen LogP contribution is 2.26. The quantitative estimate of drug-likeness (QED) is 0.661. The molecule has 0 saturated heterocycles. The zero-order chi connectivity index (χ0) is 9.35. The second-order valence-corrected chi connectivity index (χ2v) is 5.38. The SMILES string of the molecule is CC(C)(C)c1cc(Br)nc(Br)c1. The highest BCUT2D eigenvalue weighted by molar-refractivity contribution is 9.11. The summed E-state index contributed by atoms with van der Waals surface area (Å²) < 4.78 is 1.75. The van der Waals surface area contributed by atoms with Gasteiger partial charge in [-0.25, -0.2) is 4.98 Å². The molecule has 0 aromatic carbocycles. The van der Waals surface area contributed by atoms with E-state index in [1.54, 1.807) is 0 Å². The van der Waals surface area contributed by atoms with E-state index in [9.17, 15) is 0 Å². The Labute approximate surface area is 89.8 Å². The first-order valence-electron chi connectivity index (χ1n) is 3.73. The summed E-state index contributed by atoms with van der Waals surface area (Å²) in [6.07, 6.45) is 0. The van der Waals surface area contributed by atoms with Crippen LogP contribution in [0.5, 0.6) is 0 Å². The van der Waals surface area contributed by atoms with Gasteiger partial charge in [0.25, 0.3) is 0 Å². The molecule has 0 aliphatic carbocycles. The van der Waals surface area contributed by atoms with E-state index in [2.05, 4.69) is 57.6 Å². The van der Waals surface area contributed by atoms with Crippen molar-refractivity contribution in [2.45, 2.75) is 26.2 Å². The summed E-state index contributed by atoms with van der Waals surface area (Å²) in [5, 5.41) is 0. The summed E-state index contributed by atoms with van der Waals surface area (Å²) in [4.78, 5) is 4.18. The molecule has 0 N–H and O–H groups in total. The fourth-order valence-electron chi connectivity index (χ4n) is 0.898. The van der Waals surface area contributed by atoms with Crippen molar-refractivity contribution in [1.82, 2.24) is 4.98 Å². The number of rotatable bonds is 0. The molecule has 12 heavy (non-hydrogen) atoms. The molecule has 0 unspecified atom stereocenters. The van der Waals surface area contributed by atoms with Gasteiger partial charge in [-0.1, -0.05) is 20.8 Å². The normalized spacial score (nSPS) is 11.8. The maximum atomic E-state index is 4.18. The van der Waals surface area contributed by atoms with E-state index >= 15 is 0 Å². The summed E-state index contributed by atoms with van der Waals surface area (Å²) in [5.74, 6) is 0. The van der Waals surface area contributed by atoms with Crippen molar-refractivity contribution in [3.63, 3.8) is 0 Å². The Hall–Kier alpha value is 0.110. The molecule has 0 aliphatic heterocycles. The van der Waals surface area contributed by atoms with E-state index in [4.69, 9.17) is 0 Å².